The number of unbranched alkanes of at least 4 members (excludes halogenated alkanes) is 1. The van der Waals surface area contributed by atoms with Crippen molar-refractivity contribution in [2.24, 2.45) is 0 Å². The lowest BCUT2D eigenvalue weighted by Crippen LogP contribution is -2.49. The van der Waals surface area contributed by atoms with Crippen LogP contribution in [0.4, 0.5) is 0 Å². The van der Waals surface area contributed by atoms with E-state index >= 15 is 0 Å². The number of carbonyl (C=O) groups is 1. The number of hydrogen-bond donors (Lipinski definition) is 1. The molecule has 1 fully saturated rings. The molecule has 1 heterocycles. The lowest BCUT2D eigenvalue weighted by atomic mass is 10.0. The van der Waals surface area contributed by atoms with Crippen molar-refractivity contribution in [3.63, 3.8) is 0 Å². The highest BCUT2D eigenvalue weighted by Gasteiger charge is 2.28. The molecular formula is C19H30N2O5S. The van der Waals surface area contributed by atoms with Gasteiger partial charge in [0.2, 0.25) is 10.0 Å². The van der Waals surface area contributed by atoms with Crippen molar-refractivity contribution >= 4 is 15.9 Å². The van der Waals surface area contributed by atoms with E-state index in [1.54, 1.807) is 30.2 Å². The Hall–Kier alpha value is -1.80. The third-order valence-corrected chi connectivity index (χ3v) is 5.33. The smallest absolute Gasteiger partial charge is 0.254 e. The van der Waals surface area contributed by atoms with Crippen molar-refractivity contribution < 1.29 is 22.7 Å². The molecule has 0 radical (unpaired) electrons. The molecule has 0 saturated carbocycles. The molecule has 1 aromatic carbocycles. The summed E-state index contributed by atoms with van der Waals surface area (Å²) in [6, 6.07) is 5.05. The van der Waals surface area contributed by atoms with Crippen LogP contribution in [0.25, 0.3) is 0 Å². The van der Waals surface area contributed by atoms with Crippen molar-refractivity contribution in [2.75, 3.05) is 33.1 Å². The molecule has 27 heavy (non-hydrogen) atoms. The number of carbonyl (C=O) groups excluding carboxylic acids is 1. The van der Waals surface area contributed by atoms with E-state index < -0.39 is 10.0 Å². The molecule has 0 aliphatic carbocycles. The highest BCUT2D eigenvalue weighted by Crippen LogP contribution is 2.30. The molecule has 152 valence electrons. The Kier molecular flexibility index (Phi) is 7.91. The van der Waals surface area contributed by atoms with Gasteiger partial charge in [0.05, 0.1) is 20.0 Å². The molecule has 8 heteroatoms. The Labute approximate surface area is 162 Å². The number of hydrogen-bond acceptors (Lipinski definition) is 5. The number of ether oxygens (including phenoxy) is 2. The Balaban J connectivity index is 2.13. The van der Waals surface area contributed by atoms with E-state index in [0.29, 0.717) is 30.2 Å². The summed E-state index contributed by atoms with van der Waals surface area (Å²) in [5, 5.41) is 0. The maximum absolute atomic E-state index is 13.0. The quantitative estimate of drug-likeness (QED) is 0.646. The van der Waals surface area contributed by atoms with Crippen LogP contribution < -0.4 is 14.2 Å². The molecule has 1 unspecified atom stereocenters. The van der Waals surface area contributed by atoms with Gasteiger partial charge in [0.25, 0.3) is 5.91 Å². The highest BCUT2D eigenvalue weighted by atomic mass is 32.2. The van der Waals surface area contributed by atoms with Crippen LogP contribution in [-0.4, -0.2) is 58.3 Å². The van der Waals surface area contributed by atoms with Gasteiger partial charge in [-0.25, -0.2) is 13.1 Å². The van der Waals surface area contributed by atoms with Gasteiger partial charge in [-0.2, -0.15) is 0 Å². The van der Waals surface area contributed by atoms with Crippen molar-refractivity contribution in [1.29, 1.82) is 0 Å². The molecule has 1 atom stereocenters. The fraction of sp³-hybridized carbons (Fsp3) is 0.632. The first-order chi connectivity index (χ1) is 12.9. The second kappa shape index (κ2) is 9.94. The van der Waals surface area contributed by atoms with Crippen LogP contribution in [0.1, 0.15) is 49.4 Å². The number of amides is 1. The number of sulfonamides is 1. The SMILES string of the molecule is CCCCOc1ccc(C(=O)N2CCCCC2CNS(C)(=O)=O)cc1OC. The lowest BCUT2D eigenvalue weighted by molar-refractivity contribution is 0.0618. The van der Waals surface area contributed by atoms with Crippen molar-refractivity contribution in [2.45, 2.75) is 45.1 Å². The van der Waals surface area contributed by atoms with E-state index in [-0.39, 0.29) is 18.5 Å². The van der Waals surface area contributed by atoms with Crippen LogP contribution in [0.5, 0.6) is 11.5 Å². The second-order valence-electron chi connectivity index (χ2n) is 6.84. The second-order valence-corrected chi connectivity index (χ2v) is 8.67. The predicted molar refractivity (Wildman–Crippen MR) is 105 cm³/mol. The third kappa shape index (κ3) is 6.39. The molecule has 1 aliphatic rings. The zero-order chi connectivity index (χ0) is 19.9. The number of methoxy groups -OCH3 is 1. The van der Waals surface area contributed by atoms with Gasteiger partial charge in [0.15, 0.2) is 11.5 Å². The summed E-state index contributed by atoms with van der Waals surface area (Å²) in [6.07, 6.45) is 5.79. The maximum atomic E-state index is 13.0. The molecule has 0 aromatic heterocycles. The minimum absolute atomic E-state index is 0.117. The van der Waals surface area contributed by atoms with Crippen LogP contribution in [0.15, 0.2) is 18.2 Å². The number of rotatable bonds is 9. The topological polar surface area (TPSA) is 84.9 Å². The molecule has 1 amide bonds. The van der Waals surface area contributed by atoms with Gasteiger partial charge in [-0.3, -0.25) is 4.79 Å². The number of benzene rings is 1. The summed E-state index contributed by atoms with van der Waals surface area (Å²) in [5.74, 6) is 1.03. The highest BCUT2D eigenvalue weighted by molar-refractivity contribution is 7.88. The van der Waals surface area contributed by atoms with Crippen LogP contribution in [0, 0.1) is 0 Å². The zero-order valence-corrected chi connectivity index (χ0v) is 17.2. The molecule has 0 bridgehead atoms. The first-order valence-electron chi connectivity index (χ1n) is 9.42. The Morgan fingerprint density at radius 3 is 2.74 bits per heavy atom. The number of piperidine rings is 1. The van der Waals surface area contributed by atoms with Crippen LogP contribution >= 0.6 is 0 Å². The molecule has 2 rings (SSSR count). The first kappa shape index (κ1) is 21.5. The summed E-state index contributed by atoms with van der Waals surface area (Å²) >= 11 is 0. The molecular weight excluding hydrogens is 368 g/mol. The predicted octanol–water partition coefficient (Wildman–Crippen LogP) is 2.42. The van der Waals surface area contributed by atoms with E-state index in [2.05, 4.69) is 11.6 Å². The summed E-state index contributed by atoms with van der Waals surface area (Å²) in [6.45, 7) is 3.55. The number of nitrogens with one attached hydrogen (secondary N) is 1. The number of likely N-dealkylation sites (tertiary alicyclic amines) is 1. The van der Waals surface area contributed by atoms with Crippen LogP contribution in [0.2, 0.25) is 0 Å². The van der Waals surface area contributed by atoms with E-state index in [1.807, 2.05) is 0 Å². The summed E-state index contributed by atoms with van der Waals surface area (Å²) in [7, 11) is -1.74. The minimum Gasteiger partial charge on any atom is -0.493 e. The third-order valence-electron chi connectivity index (χ3n) is 4.64. The van der Waals surface area contributed by atoms with Crippen molar-refractivity contribution in [3.05, 3.63) is 23.8 Å². The molecule has 1 aromatic rings. The molecule has 1 aliphatic heterocycles. The average Bonchev–Trinajstić information content (AvgIpc) is 2.66. The summed E-state index contributed by atoms with van der Waals surface area (Å²) in [4.78, 5) is 14.8. The molecule has 0 spiro atoms. The van der Waals surface area contributed by atoms with Gasteiger partial charge in [-0.05, 0) is 43.9 Å². The number of nitrogens with zero attached hydrogens (tertiary/aromatic N) is 1. The van der Waals surface area contributed by atoms with E-state index in [1.165, 1.54) is 0 Å². The fourth-order valence-electron chi connectivity index (χ4n) is 3.14. The van der Waals surface area contributed by atoms with Gasteiger partial charge >= 0.3 is 0 Å². The molecule has 1 saturated heterocycles. The maximum Gasteiger partial charge on any atom is 0.254 e. The summed E-state index contributed by atoms with van der Waals surface area (Å²) < 4.78 is 36.4. The van der Waals surface area contributed by atoms with Gasteiger partial charge in [0.1, 0.15) is 0 Å². The van der Waals surface area contributed by atoms with Crippen molar-refractivity contribution in [3.8, 4) is 11.5 Å². The lowest BCUT2D eigenvalue weighted by Gasteiger charge is -2.36. The van der Waals surface area contributed by atoms with Crippen LogP contribution in [0.3, 0.4) is 0 Å². The van der Waals surface area contributed by atoms with Gasteiger partial charge < -0.3 is 14.4 Å². The Morgan fingerprint density at radius 2 is 2.07 bits per heavy atom. The van der Waals surface area contributed by atoms with Crippen LogP contribution in [-0.2, 0) is 10.0 Å². The van der Waals surface area contributed by atoms with Gasteiger partial charge in [-0.15, -0.1) is 0 Å². The normalized spacial score (nSPS) is 17.6. The van der Waals surface area contributed by atoms with Gasteiger partial charge in [-0.1, -0.05) is 13.3 Å². The monoisotopic (exact) mass is 398 g/mol. The zero-order valence-electron chi connectivity index (χ0n) is 16.4. The molecule has 7 nitrogen and oxygen atoms in total. The fourth-order valence-corrected chi connectivity index (χ4v) is 3.63. The Bertz CT molecular complexity index is 736. The molecule has 1 N–H and O–H groups in total. The average molecular weight is 399 g/mol. The standard InChI is InChI=1S/C19H30N2O5S/c1-4-5-12-26-17-10-9-15(13-18(17)25-2)19(22)21-11-7-6-8-16(21)14-20-27(3,23)24/h9-10,13,16,20H,4-8,11-12,14H2,1-3H3. The minimum atomic E-state index is -3.29. The van der Waals surface area contributed by atoms with E-state index in [4.69, 9.17) is 9.47 Å². The largest absolute Gasteiger partial charge is 0.493 e. The van der Waals surface area contributed by atoms with E-state index in [9.17, 15) is 13.2 Å². The van der Waals surface area contributed by atoms with Gasteiger partial charge in [0, 0.05) is 24.7 Å². The Morgan fingerprint density at radius 1 is 1.30 bits per heavy atom. The first-order valence-corrected chi connectivity index (χ1v) is 11.3. The van der Waals surface area contributed by atoms with Crippen molar-refractivity contribution in [1.82, 2.24) is 9.62 Å². The summed E-state index contributed by atoms with van der Waals surface area (Å²) in [5.41, 5.74) is 0.515. The van der Waals surface area contributed by atoms with E-state index in [0.717, 1.165) is 38.4 Å².